The van der Waals surface area contributed by atoms with Gasteiger partial charge in [0.25, 0.3) is 0 Å². The number of methoxy groups -OCH3 is 1. The topological polar surface area (TPSA) is 43.5 Å². The average molecular weight is 430 g/mol. The van der Waals surface area contributed by atoms with Crippen LogP contribution in [0.2, 0.25) is 0 Å². The molecular formula is C28H31NO3. The van der Waals surface area contributed by atoms with Crippen molar-refractivity contribution in [2.24, 2.45) is 0 Å². The Morgan fingerprint density at radius 1 is 0.781 bits per heavy atom. The second-order valence-electron chi connectivity index (χ2n) is 8.13. The van der Waals surface area contributed by atoms with Crippen molar-refractivity contribution < 1.29 is 14.2 Å². The van der Waals surface area contributed by atoms with Gasteiger partial charge in [-0.1, -0.05) is 42.5 Å². The molecule has 4 heteroatoms. The van der Waals surface area contributed by atoms with E-state index >= 15 is 0 Å². The summed E-state index contributed by atoms with van der Waals surface area (Å²) in [6, 6.07) is 21.1. The number of hydrogen-bond acceptors (Lipinski definition) is 3. The molecule has 3 aromatic carbocycles. The summed E-state index contributed by atoms with van der Waals surface area (Å²) < 4.78 is 16.8. The molecule has 0 saturated carbocycles. The lowest BCUT2D eigenvalue weighted by Crippen LogP contribution is -2.05. The van der Waals surface area contributed by atoms with E-state index in [-0.39, 0.29) is 0 Å². The highest BCUT2D eigenvalue weighted by Gasteiger charge is 2.10. The Kier molecular flexibility index (Phi) is 7.13. The van der Waals surface area contributed by atoms with Gasteiger partial charge in [0.15, 0.2) is 0 Å². The lowest BCUT2D eigenvalue weighted by Gasteiger charge is -2.11. The van der Waals surface area contributed by atoms with Crippen LogP contribution in [0.3, 0.4) is 0 Å². The van der Waals surface area contributed by atoms with Crippen molar-refractivity contribution in [3.63, 3.8) is 0 Å². The molecule has 4 aromatic rings. The van der Waals surface area contributed by atoms with E-state index in [2.05, 4.69) is 60.6 Å². The molecule has 0 bridgehead atoms. The molecule has 0 spiro atoms. The van der Waals surface area contributed by atoms with E-state index in [0.717, 1.165) is 29.9 Å². The van der Waals surface area contributed by atoms with Crippen LogP contribution in [0.25, 0.3) is 22.0 Å². The monoisotopic (exact) mass is 429 g/mol. The summed E-state index contributed by atoms with van der Waals surface area (Å²) in [4.78, 5) is 3.51. The number of H-pyrrole nitrogens is 1. The van der Waals surface area contributed by atoms with Crippen LogP contribution < -0.4 is 9.47 Å². The van der Waals surface area contributed by atoms with Crippen LogP contribution in [-0.4, -0.2) is 31.9 Å². The van der Waals surface area contributed by atoms with Crippen molar-refractivity contribution in [3.8, 4) is 22.6 Å². The van der Waals surface area contributed by atoms with E-state index in [4.69, 9.17) is 14.2 Å². The van der Waals surface area contributed by atoms with Gasteiger partial charge in [0.2, 0.25) is 0 Å². The molecule has 0 aliphatic heterocycles. The number of hydrogen-bond donors (Lipinski definition) is 1. The Labute approximate surface area is 190 Å². The first-order valence-corrected chi connectivity index (χ1v) is 11.2. The number of nitrogens with one attached hydrogen (secondary N) is 1. The fourth-order valence-corrected chi connectivity index (χ4v) is 4.09. The molecule has 0 aliphatic carbocycles. The van der Waals surface area contributed by atoms with E-state index in [0.29, 0.717) is 19.8 Å². The van der Waals surface area contributed by atoms with Gasteiger partial charge in [-0.25, -0.2) is 0 Å². The van der Waals surface area contributed by atoms with Gasteiger partial charge in [-0.05, 0) is 61.1 Å². The van der Waals surface area contributed by atoms with Crippen molar-refractivity contribution in [3.05, 3.63) is 83.6 Å². The molecule has 1 heterocycles. The minimum atomic E-state index is 0.532. The standard InChI is InChI=1S/C28H31NO3/c1-20-16-23(18-24(17-20)32-15-14-30-3)31-13-7-9-22-19-29-28-26(22)11-6-12-27(28)25-10-5-4-8-21(25)2/h4-6,8,10-12,16-19,29H,7,9,13-15H2,1-3H3. The third kappa shape index (κ3) is 5.14. The first kappa shape index (κ1) is 22.0. The summed E-state index contributed by atoms with van der Waals surface area (Å²) in [5.41, 5.74) is 7.46. The summed E-state index contributed by atoms with van der Waals surface area (Å²) in [5.74, 6) is 1.66. The molecule has 0 saturated heterocycles. The van der Waals surface area contributed by atoms with Crippen molar-refractivity contribution in [2.75, 3.05) is 26.9 Å². The Morgan fingerprint density at radius 3 is 2.31 bits per heavy atom. The largest absolute Gasteiger partial charge is 0.493 e. The SMILES string of the molecule is COCCOc1cc(C)cc(OCCCc2c[nH]c3c(-c4ccccc4C)cccc23)c1. The van der Waals surface area contributed by atoms with Crippen LogP contribution in [0.5, 0.6) is 11.5 Å². The number of ether oxygens (including phenoxy) is 3. The van der Waals surface area contributed by atoms with E-state index in [1.807, 2.05) is 25.1 Å². The van der Waals surface area contributed by atoms with Gasteiger partial charge in [-0.3, -0.25) is 0 Å². The summed E-state index contributed by atoms with van der Waals surface area (Å²) in [6.07, 6.45) is 4.04. The molecule has 0 unspecified atom stereocenters. The van der Waals surface area contributed by atoms with Crippen LogP contribution in [0.4, 0.5) is 0 Å². The Morgan fingerprint density at radius 2 is 1.53 bits per heavy atom. The summed E-state index contributed by atoms with van der Waals surface area (Å²) in [6.45, 7) is 5.97. The van der Waals surface area contributed by atoms with Gasteiger partial charge < -0.3 is 19.2 Å². The predicted molar refractivity (Wildman–Crippen MR) is 131 cm³/mol. The quantitative estimate of drug-likeness (QED) is 0.293. The van der Waals surface area contributed by atoms with Crippen LogP contribution in [0.1, 0.15) is 23.1 Å². The van der Waals surface area contributed by atoms with Crippen molar-refractivity contribution in [2.45, 2.75) is 26.7 Å². The fraction of sp³-hybridized carbons (Fsp3) is 0.286. The first-order valence-electron chi connectivity index (χ1n) is 11.2. The second kappa shape index (κ2) is 10.4. The zero-order valence-electron chi connectivity index (χ0n) is 19.1. The minimum Gasteiger partial charge on any atom is -0.493 e. The molecule has 0 amide bonds. The number of aromatic amines is 1. The molecule has 166 valence electrons. The van der Waals surface area contributed by atoms with Gasteiger partial charge in [-0.15, -0.1) is 0 Å². The zero-order chi connectivity index (χ0) is 22.3. The number of aryl methyl sites for hydroxylation is 3. The maximum absolute atomic E-state index is 6.03. The number of rotatable bonds is 10. The average Bonchev–Trinajstić information content (AvgIpc) is 3.20. The van der Waals surface area contributed by atoms with Gasteiger partial charge in [0.1, 0.15) is 18.1 Å². The molecule has 4 rings (SSSR count). The molecule has 32 heavy (non-hydrogen) atoms. The van der Waals surface area contributed by atoms with Crippen molar-refractivity contribution in [1.82, 2.24) is 4.98 Å². The van der Waals surface area contributed by atoms with Crippen molar-refractivity contribution in [1.29, 1.82) is 0 Å². The minimum absolute atomic E-state index is 0.532. The summed E-state index contributed by atoms with van der Waals surface area (Å²) in [7, 11) is 1.67. The maximum atomic E-state index is 6.03. The zero-order valence-corrected chi connectivity index (χ0v) is 19.1. The van der Waals surface area contributed by atoms with Gasteiger partial charge in [-0.2, -0.15) is 0 Å². The summed E-state index contributed by atoms with van der Waals surface area (Å²) in [5, 5.41) is 1.29. The molecule has 0 atom stereocenters. The van der Waals surface area contributed by atoms with Crippen molar-refractivity contribution >= 4 is 10.9 Å². The molecule has 0 fully saturated rings. The highest BCUT2D eigenvalue weighted by Crippen LogP contribution is 2.32. The molecule has 0 aliphatic rings. The maximum Gasteiger partial charge on any atom is 0.123 e. The van der Waals surface area contributed by atoms with Crippen LogP contribution in [-0.2, 0) is 11.2 Å². The van der Waals surface area contributed by atoms with Gasteiger partial charge in [0, 0.05) is 30.3 Å². The van der Waals surface area contributed by atoms with Crippen LogP contribution in [0.15, 0.2) is 66.9 Å². The second-order valence-corrected chi connectivity index (χ2v) is 8.13. The Balaban J connectivity index is 1.40. The third-order valence-corrected chi connectivity index (χ3v) is 5.68. The predicted octanol–water partition coefficient (Wildman–Crippen LogP) is 6.49. The smallest absolute Gasteiger partial charge is 0.123 e. The molecule has 0 radical (unpaired) electrons. The molecular weight excluding hydrogens is 398 g/mol. The van der Waals surface area contributed by atoms with Gasteiger partial charge >= 0.3 is 0 Å². The fourth-order valence-electron chi connectivity index (χ4n) is 4.09. The van der Waals surface area contributed by atoms with Crippen LogP contribution in [0, 0.1) is 13.8 Å². The third-order valence-electron chi connectivity index (χ3n) is 5.68. The van der Waals surface area contributed by atoms with Gasteiger partial charge in [0.05, 0.1) is 18.7 Å². The van der Waals surface area contributed by atoms with E-state index in [9.17, 15) is 0 Å². The van der Waals surface area contributed by atoms with E-state index < -0.39 is 0 Å². The number of para-hydroxylation sites is 1. The van der Waals surface area contributed by atoms with E-state index in [1.54, 1.807) is 7.11 Å². The van der Waals surface area contributed by atoms with E-state index in [1.165, 1.54) is 33.2 Å². The van der Waals surface area contributed by atoms with Crippen LogP contribution >= 0.6 is 0 Å². The Bertz CT molecular complexity index is 1180. The number of fused-ring (bicyclic) bond motifs is 1. The number of benzene rings is 3. The normalized spacial score (nSPS) is 11.1. The lowest BCUT2D eigenvalue weighted by molar-refractivity contribution is 0.146. The first-order chi connectivity index (χ1) is 15.7. The highest BCUT2D eigenvalue weighted by atomic mass is 16.5. The summed E-state index contributed by atoms with van der Waals surface area (Å²) >= 11 is 0. The molecule has 4 nitrogen and oxygen atoms in total. The lowest BCUT2D eigenvalue weighted by atomic mass is 9.97. The molecule has 1 N–H and O–H groups in total. The Hall–Kier alpha value is -3.24. The number of aromatic nitrogens is 1. The highest BCUT2D eigenvalue weighted by molar-refractivity contribution is 5.96. The molecule has 1 aromatic heterocycles.